The monoisotopic (exact) mass is 266 g/mol. The molecule has 4 nitrogen and oxygen atoms in total. The van der Waals surface area contributed by atoms with Crippen LogP contribution in [0, 0.1) is 0 Å². The molecule has 0 saturated carbocycles. The van der Waals surface area contributed by atoms with Gasteiger partial charge < -0.3 is 5.73 Å². The average Bonchev–Trinajstić information content (AvgIpc) is 2.56. The van der Waals surface area contributed by atoms with E-state index >= 15 is 0 Å². The summed E-state index contributed by atoms with van der Waals surface area (Å²) >= 11 is 1.92. The Balaban J connectivity index is 2.66. The first kappa shape index (κ1) is 14.3. The molecule has 1 aliphatic heterocycles. The van der Waals surface area contributed by atoms with Gasteiger partial charge in [0.15, 0.2) is 0 Å². The van der Waals surface area contributed by atoms with E-state index in [4.69, 9.17) is 5.73 Å². The number of hydrogen-bond acceptors (Lipinski definition) is 5. The van der Waals surface area contributed by atoms with Crippen LogP contribution in [-0.4, -0.2) is 62.0 Å². The van der Waals surface area contributed by atoms with Gasteiger partial charge in [-0.05, 0) is 19.2 Å². The van der Waals surface area contributed by atoms with E-state index in [1.807, 2.05) is 18.8 Å². The third kappa shape index (κ3) is 3.12. The lowest BCUT2D eigenvalue weighted by Crippen LogP contribution is -2.56. The minimum atomic E-state index is -2.89. The number of thioether (sulfide) groups is 1. The molecule has 2 unspecified atom stereocenters. The van der Waals surface area contributed by atoms with Gasteiger partial charge in [-0.2, -0.15) is 11.8 Å². The molecule has 1 fully saturated rings. The summed E-state index contributed by atoms with van der Waals surface area (Å²) in [5, 5.41) is 0.474. The van der Waals surface area contributed by atoms with Crippen LogP contribution in [-0.2, 0) is 9.84 Å². The topological polar surface area (TPSA) is 63.4 Å². The summed E-state index contributed by atoms with van der Waals surface area (Å²) < 4.78 is 22.3. The quantitative estimate of drug-likeness (QED) is 0.769. The number of rotatable bonds is 5. The van der Waals surface area contributed by atoms with E-state index in [0.29, 0.717) is 18.3 Å². The maximum absolute atomic E-state index is 11.2. The van der Waals surface area contributed by atoms with Gasteiger partial charge in [0.1, 0.15) is 9.84 Å². The first-order valence-corrected chi connectivity index (χ1v) is 8.63. The van der Waals surface area contributed by atoms with E-state index in [2.05, 4.69) is 11.8 Å². The lowest BCUT2D eigenvalue weighted by atomic mass is 9.91. The van der Waals surface area contributed by atoms with Crippen LogP contribution in [0.15, 0.2) is 0 Å². The molecule has 0 amide bonds. The largest absolute Gasteiger partial charge is 0.329 e. The highest BCUT2D eigenvalue weighted by molar-refractivity contribution is 8.00. The van der Waals surface area contributed by atoms with Crippen molar-refractivity contribution in [3.05, 3.63) is 0 Å². The fourth-order valence-corrected chi connectivity index (χ4v) is 4.36. The molecule has 16 heavy (non-hydrogen) atoms. The summed E-state index contributed by atoms with van der Waals surface area (Å²) in [6, 6.07) is 0. The van der Waals surface area contributed by atoms with E-state index < -0.39 is 9.84 Å². The predicted molar refractivity (Wildman–Crippen MR) is 70.7 cm³/mol. The fraction of sp³-hybridized carbons (Fsp3) is 1.00. The van der Waals surface area contributed by atoms with Crippen LogP contribution < -0.4 is 5.73 Å². The Morgan fingerprint density at radius 3 is 2.56 bits per heavy atom. The van der Waals surface area contributed by atoms with Gasteiger partial charge in [0, 0.05) is 30.1 Å². The van der Waals surface area contributed by atoms with Crippen LogP contribution in [0.1, 0.15) is 13.3 Å². The van der Waals surface area contributed by atoms with Crippen molar-refractivity contribution >= 4 is 21.6 Å². The zero-order valence-electron chi connectivity index (χ0n) is 10.3. The molecule has 0 radical (unpaired) electrons. The number of likely N-dealkylation sites (N-methyl/N-ethyl adjacent to an activating group) is 1. The molecule has 1 rings (SSSR count). The van der Waals surface area contributed by atoms with Gasteiger partial charge in [-0.25, -0.2) is 8.42 Å². The van der Waals surface area contributed by atoms with Crippen molar-refractivity contribution < 1.29 is 8.42 Å². The highest BCUT2D eigenvalue weighted by atomic mass is 32.2. The Kier molecular flexibility index (Phi) is 4.68. The Morgan fingerprint density at radius 2 is 2.19 bits per heavy atom. The molecule has 0 aromatic heterocycles. The molecule has 1 heterocycles. The van der Waals surface area contributed by atoms with E-state index in [-0.39, 0.29) is 11.3 Å². The van der Waals surface area contributed by atoms with Crippen molar-refractivity contribution in [3.63, 3.8) is 0 Å². The van der Waals surface area contributed by atoms with Gasteiger partial charge in [-0.3, -0.25) is 4.90 Å². The van der Waals surface area contributed by atoms with Crippen LogP contribution in [0.2, 0.25) is 0 Å². The van der Waals surface area contributed by atoms with Crippen LogP contribution in [0.25, 0.3) is 0 Å². The van der Waals surface area contributed by atoms with Crippen molar-refractivity contribution in [2.24, 2.45) is 5.73 Å². The second-order valence-electron chi connectivity index (χ2n) is 4.62. The summed E-state index contributed by atoms with van der Waals surface area (Å²) in [7, 11) is -0.904. The second kappa shape index (κ2) is 5.25. The van der Waals surface area contributed by atoms with Crippen molar-refractivity contribution in [2.45, 2.75) is 24.1 Å². The summed E-state index contributed by atoms with van der Waals surface area (Å²) in [5.41, 5.74) is 5.88. The summed E-state index contributed by atoms with van der Waals surface area (Å²) in [6.07, 6.45) is 2.33. The van der Waals surface area contributed by atoms with Crippen LogP contribution in [0.5, 0.6) is 0 Å². The molecule has 1 saturated heterocycles. The molecule has 0 spiro atoms. The Labute approximate surface area is 103 Å². The van der Waals surface area contributed by atoms with Crippen LogP contribution in [0.3, 0.4) is 0 Å². The number of nitrogens with two attached hydrogens (primary N) is 1. The highest BCUT2D eigenvalue weighted by Gasteiger charge is 2.42. The first-order chi connectivity index (χ1) is 7.32. The third-order valence-electron chi connectivity index (χ3n) is 3.57. The lowest BCUT2D eigenvalue weighted by Gasteiger charge is -2.41. The first-order valence-electron chi connectivity index (χ1n) is 5.52. The van der Waals surface area contributed by atoms with Crippen molar-refractivity contribution in [2.75, 3.05) is 37.9 Å². The van der Waals surface area contributed by atoms with Gasteiger partial charge in [0.05, 0.1) is 5.75 Å². The third-order valence-corrected chi connectivity index (χ3v) is 5.87. The zero-order chi connectivity index (χ0) is 12.4. The fourth-order valence-electron chi connectivity index (χ4n) is 2.22. The van der Waals surface area contributed by atoms with Crippen molar-refractivity contribution in [1.82, 2.24) is 4.90 Å². The Morgan fingerprint density at radius 1 is 1.56 bits per heavy atom. The normalized spacial score (nSPS) is 31.2. The molecule has 0 aromatic carbocycles. The molecule has 1 aliphatic rings. The van der Waals surface area contributed by atoms with Crippen molar-refractivity contribution in [1.29, 1.82) is 0 Å². The van der Waals surface area contributed by atoms with E-state index in [1.54, 1.807) is 0 Å². The molecule has 2 atom stereocenters. The van der Waals surface area contributed by atoms with Gasteiger partial charge in [0.2, 0.25) is 0 Å². The van der Waals surface area contributed by atoms with Gasteiger partial charge >= 0.3 is 0 Å². The lowest BCUT2D eigenvalue weighted by molar-refractivity contribution is 0.138. The number of hydrogen-bond donors (Lipinski definition) is 1. The second-order valence-corrected chi connectivity index (χ2v) is 8.33. The summed E-state index contributed by atoms with van der Waals surface area (Å²) in [4.78, 5) is 2.14. The molecule has 0 aliphatic carbocycles. The molecule has 96 valence electrons. The number of nitrogens with zero attached hydrogens (tertiary/aromatic N) is 1. The Bertz CT molecular complexity index is 332. The number of sulfone groups is 1. The van der Waals surface area contributed by atoms with Gasteiger partial charge in [-0.15, -0.1) is 0 Å². The van der Waals surface area contributed by atoms with E-state index in [9.17, 15) is 8.42 Å². The maximum atomic E-state index is 11.2. The van der Waals surface area contributed by atoms with Crippen molar-refractivity contribution in [3.8, 4) is 0 Å². The maximum Gasteiger partial charge on any atom is 0.148 e. The van der Waals surface area contributed by atoms with E-state index in [1.165, 1.54) is 6.26 Å². The van der Waals surface area contributed by atoms with Gasteiger partial charge in [0.25, 0.3) is 0 Å². The zero-order valence-corrected chi connectivity index (χ0v) is 11.9. The summed E-state index contributed by atoms with van der Waals surface area (Å²) in [6.45, 7) is 3.35. The SMILES string of the molecule is CC1SCCC1(CN)N(C)CCS(C)(=O)=O. The molecule has 2 N–H and O–H groups in total. The standard InChI is InChI=1S/C10H22N2O2S2/c1-9-10(8-11,4-6-15-9)12(2)5-7-16(3,13)14/h9H,4-8,11H2,1-3H3. The smallest absolute Gasteiger partial charge is 0.148 e. The molecule has 6 heteroatoms. The molecular formula is C10H22N2O2S2. The molecule has 0 aromatic rings. The van der Waals surface area contributed by atoms with E-state index in [0.717, 1.165) is 12.2 Å². The predicted octanol–water partition coefficient (Wildman–Crippen LogP) is 0.186. The molecular weight excluding hydrogens is 244 g/mol. The minimum Gasteiger partial charge on any atom is -0.329 e. The average molecular weight is 266 g/mol. The summed E-state index contributed by atoms with van der Waals surface area (Å²) in [5.74, 6) is 1.32. The molecule has 0 bridgehead atoms. The van der Waals surface area contributed by atoms with Crippen LogP contribution in [0.4, 0.5) is 0 Å². The Hall–Kier alpha value is 0.220. The van der Waals surface area contributed by atoms with Crippen LogP contribution >= 0.6 is 11.8 Å². The van der Waals surface area contributed by atoms with Gasteiger partial charge in [-0.1, -0.05) is 6.92 Å². The minimum absolute atomic E-state index is 0.0185. The highest BCUT2D eigenvalue weighted by Crippen LogP contribution is 2.38.